The Labute approximate surface area is 128 Å². The number of nitrogens with zero attached hydrogens (tertiary/aromatic N) is 2. The molecule has 0 fully saturated rings. The number of aromatic nitrogens is 2. The number of ketones is 1. The lowest BCUT2D eigenvalue weighted by molar-refractivity contribution is 0.104. The number of aryl methyl sites for hydroxylation is 2. The molecule has 0 radical (unpaired) electrons. The van der Waals surface area contributed by atoms with E-state index in [1.807, 2.05) is 56.3 Å². The molecule has 0 N–H and O–H groups in total. The lowest BCUT2D eigenvalue weighted by Gasteiger charge is -2.07. The van der Waals surface area contributed by atoms with E-state index in [4.69, 9.17) is 0 Å². The van der Waals surface area contributed by atoms with E-state index in [9.17, 15) is 4.79 Å². The van der Waals surface area contributed by atoms with Crippen LogP contribution in [0.4, 0.5) is 0 Å². The smallest absolute Gasteiger partial charge is 0.196 e. The van der Waals surface area contributed by atoms with Crippen LogP contribution < -0.4 is 0 Å². The Bertz CT molecular complexity index is 914. The number of carbonyl (C=O) groups excluding carboxylic acids is 1. The van der Waals surface area contributed by atoms with Crippen molar-refractivity contribution in [1.82, 2.24) is 9.97 Å². The molecule has 3 aromatic rings. The zero-order chi connectivity index (χ0) is 15.3. The van der Waals surface area contributed by atoms with Crippen molar-refractivity contribution in [2.75, 3.05) is 0 Å². The molecule has 1 aliphatic carbocycles. The van der Waals surface area contributed by atoms with Gasteiger partial charge in [-0.15, -0.1) is 0 Å². The van der Waals surface area contributed by atoms with Gasteiger partial charge in [0.15, 0.2) is 5.78 Å². The zero-order valence-corrected chi connectivity index (χ0v) is 12.4. The first-order valence-corrected chi connectivity index (χ1v) is 7.24. The highest BCUT2D eigenvalue weighted by Gasteiger charge is 2.29. The number of hydrogen-bond donors (Lipinski definition) is 0. The summed E-state index contributed by atoms with van der Waals surface area (Å²) in [6, 6.07) is 13.7. The van der Waals surface area contributed by atoms with Gasteiger partial charge >= 0.3 is 0 Å². The summed E-state index contributed by atoms with van der Waals surface area (Å²) in [5.74, 6) is 0.0753. The molecule has 0 aliphatic heterocycles. The van der Waals surface area contributed by atoms with Gasteiger partial charge in [0.2, 0.25) is 0 Å². The second-order valence-corrected chi connectivity index (χ2v) is 5.61. The third kappa shape index (κ3) is 1.79. The van der Waals surface area contributed by atoms with Crippen LogP contribution in [0.1, 0.15) is 27.2 Å². The Morgan fingerprint density at radius 2 is 1.73 bits per heavy atom. The fraction of sp³-hybridized carbons (Fsp3) is 0.105. The average molecular weight is 286 g/mol. The molecule has 4 rings (SSSR count). The standard InChI is InChI=1S/C19H14N2O/c1-11-6-7-13-14-10-17(16-5-3-4-8-20-16)21-12(2)18(14)19(22)15(13)9-11/h3-10H,1-2H3. The molecular formula is C19H14N2O. The number of rotatable bonds is 1. The molecule has 106 valence electrons. The van der Waals surface area contributed by atoms with Crippen LogP contribution in [-0.4, -0.2) is 15.8 Å². The number of fused-ring (bicyclic) bond motifs is 3. The molecule has 0 bridgehead atoms. The van der Waals surface area contributed by atoms with Gasteiger partial charge in [-0.25, -0.2) is 0 Å². The Kier molecular flexibility index (Phi) is 2.70. The Morgan fingerprint density at radius 1 is 0.864 bits per heavy atom. The van der Waals surface area contributed by atoms with Crippen molar-refractivity contribution < 1.29 is 4.79 Å². The van der Waals surface area contributed by atoms with Crippen LogP contribution in [0.2, 0.25) is 0 Å². The van der Waals surface area contributed by atoms with Crippen molar-refractivity contribution in [3.8, 4) is 22.5 Å². The lowest BCUT2D eigenvalue weighted by Crippen LogP contribution is -2.01. The van der Waals surface area contributed by atoms with Crippen LogP contribution >= 0.6 is 0 Å². The molecule has 1 aromatic carbocycles. The topological polar surface area (TPSA) is 42.9 Å². The summed E-state index contributed by atoms with van der Waals surface area (Å²) in [4.78, 5) is 21.6. The summed E-state index contributed by atoms with van der Waals surface area (Å²) in [5, 5.41) is 0. The van der Waals surface area contributed by atoms with E-state index in [1.54, 1.807) is 6.20 Å². The molecule has 1 aliphatic rings. The molecule has 0 unspecified atom stereocenters. The largest absolute Gasteiger partial charge is 0.288 e. The van der Waals surface area contributed by atoms with Crippen molar-refractivity contribution in [2.24, 2.45) is 0 Å². The molecule has 0 saturated heterocycles. The molecule has 0 saturated carbocycles. The average Bonchev–Trinajstić information content (AvgIpc) is 2.81. The van der Waals surface area contributed by atoms with Crippen molar-refractivity contribution in [2.45, 2.75) is 13.8 Å². The summed E-state index contributed by atoms with van der Waals surface area (Å²) in [6.07, 6.45) is 1.75. The van der Waals surface area contributed by atoms with Crippen LogP contribution in [0.25, 0.3) is 22.5 Å². The first-order chi connectivity index (χ1) is 10.6. The maximum atomic E-state index is 12.7. The maximum absolute atomic E-state index is 12.7. The van der Waals surface area contributed by atoms with Crippen molar-refractivity contribution in [3.05, 3.63) is 71.0 Å². The van der Waals surface area contributed by atoms with Crippen LogP contribution in [0.5, 0.6) is 0 Å². The first kappa shape index (κ1) is 12.9. The minimum absolute atomic E-state index is 0.0753. The van der Waals surface area contributed by atoms with E-state index >= 15 is 0 Å². The molecule has 0 amide bonds. The van der Waals surface area contributed by atoms with Crippen LogP contribution in [0, 0.1) is 13.8 Å². The van der Waals surface area contributed by atoms with Gasteiger partial charge in [0.1, 0.15) is 0 Å². The second kappa shape index (κ2) is 4.60. The van der Waals surface area contributed by atoms with E-state index in [0.717, 1.165) is 44.9 Å². The highest BCUT2D eigenvalue weighted by atomic mass is 16.1. The number of hydrogen-bond acceptors (Lipinski definition) is 3. The quantitative estimate of drug-likeness (QED) is 0.531. The SMILES string of the molecule is Cc1ccc2c(c1)C(=O)c1c-2cc(-c2ccccn2)nc1C. The van der Waals surface area contributed by atoms with E-state index in [1.165, 1.54) is 0 Å². The maximum Gasteiger partial charge on any atom is 0.196 e. The van der Waals surface area contributed by atoms with Crippen LogP contribution in [0.15, 0.2) is 48.7 Å². The number of pyridine rings is 2. The predicted octanol–water partition coefficient (Wildman–Crippen LogP) is 3.97. The third-order valence-electron chi connectivity index (χ3n) is 4.06. The summed E-state index contributed by atoms with van der Waals surface area (Å²) in [7, 11) is 0. The molecule has 0 atom stereocenters. The van der Waals surface area contributed by atoms with Crippen molar-refractivity contribution in [1.29, 1.82) is 0 Å². The summed E-state index contributed by atoms with van der Waals surface area (Å²) in [5.41, 5.74) is 6.94. The lowest BCUT2D eigenvalue weighted by atomic mass is 10.0. The molecule has 0 spiro atoms. The Morgan fingerprint density at radius 3 is 2.50 bits per heavy atom. The van der Waals surface area contributed by atoms with Crippen molar-refractivity contribution >= 4 is 5.78 Å². The van der Waals surface area contributed by atoms with Crippen molar-refractivity contribution in [3.63, 3.8) is 0 Å². The van der Waals surface area contributed by atoms with Gasteiger partial charge in [-0.3, -0.25) is 14.8 Å². The van der Waals surface area contributed by atoms with Gasteiger partial charge in [-0.1, -0.05) is 23.8 Å². The van der Waals surface area contributed by atoms with E-state index in [0.29, 0.717) is 0 Å². The first-order valence-electron chi connectivity index (χ1n) is 7.24. The van der Waals surface area contributed by atoms with Gasteiger partial charge < -0.3 is 0 Å². The summed E-state index contributed by atoms with van der Waals surface area (Å²) >= 11 is 0. The fourth-order valence-electron chi connectivity index (χ4n) is 3.03. The highest BCUT2D eigenvalue weighted by molar-refractivity contribution is 6.22. The monoisotopic (exact) mass is 286 g/mol. The van der Waals surface area contributed by atoms with E-state index < -0.39 is 0 Å². The summed E-state index contributed by atoms with van der Waals surface area (Å²) in [6.45, 7) is 3.89. The van der Waals surface area contributed by atoms with E-state index in [2.05, 4.69) is 9.97 Å². The van der Waals surface area contributed by atoms with Gasteiger partial charge in [0.25, 0.3) is 0 Å². The molecular weight excluding hydrogens is 272 g/mol. The fourth-order valence-corrected chi connectivity index (χ4v) is 3.03. The molecule has 2 aromatic heterocycles. The molecule has 3 heteroatoms. The van der Waals surface area contributed by atoms with E-state index in [-0.39, 0.29) is 5.78 Å². The summed E-state index contributed by atoms with van der Waals surface area (Å²) < 4.78 is 0. The number of benzene rings is 1. The predicted molar refractivity (Wildman–Crippen MR) is 85.8 cm³/mol. The minimum atomic E-state index is 0.0753. The van der Waals surface area contributed by atoms with Gasteiger partial charge in [0.05, 0.1) is 17.0 Å². The Balaban J connectivity index is 1.99. The molecule has 2 heterocycles. The highest BCUT2D eigenvalue weighted by Crippen LogP contribution is 2.39. The van der Waals surface area contributed by atoms with Gasteiger partial charge in [0, 0.05) is 17.5 Å². The van der Waals surface area contributed by atoms with Gasteiger partial charge in [-0.05, 0) is 49.2 Å². The zero-order valence-electron chi connectivity index (χ0n) is 12.4. The number of carbonyl (C=O) groups is 1. The second-order valence-electron chi connectivity index (χ2n) is 5.61. The Hall–Kier alpha value is -2.81. The normalized spacial score (nSPS) is 12.2. The minimum Gasteiger partial charge on any atom is -0.288 e. The molecule has 22 heavy (non-hydrogen) atoms. The van der Waals surface area contributed by atoms with Gasteiger partial charge in [-0.2, -0.15) is 0 Å². The van der Waals surface area contributed by atoms with Crippen LogP contribution in [-0.2, 0) is 0 Å². The van der Waals surface area contributed by atoms with Crippen LogP contribution in [0.3, 0.4) is 0 Å². The third-order valence-corrected chi connectivity index (χ3v) is 4.06. The molecule has 3 nitrogen and oxygen atoms in total.